The molecule has 0 saturated carbocycles. The third-order valence-corrected chi connectivity index (χ3v) is 5.86. The molecule has 2 atom stereocenters. The van der Waals surface area contributed by atoms with Crippen molar-refractivity contribution in [2.24, 2.45) is 17.8 Å². The van der Waals surface area contributed by atoms with Crippen molar-refractivity contribution in [2.75, 3.05) is 27.7 Å². The molecule has 0 aliphatic carbocycles. The van der Waals surface area contributed by atoms with Gasteiger partial charge in [0.1, 0.15) is 5.75 Å². The van der Waals surface area contributed by atoms with E-state index in [0.717, 1.165) is 18.4 Å². The van der Waals surface area contributed by atoms with Crippen LogP contribution in [0.25, 0.3) is 0 Å². The zero-order chi connectivity index (χ0) is 22.9. The number of carbonyl (C=O) groups excluding carboxylic acids is 2. The van der Waals surface area contributed by atoms with Gasteiger partial charge in [0.05, 0.1) is 13.5 Å². The van der Waals surface area contributed by atoms with E-state index >= 15 is 0 Å². The second-order valence-electron chi connectivity index (χ2n) is 8.90. The Balaban J connectivity index is 2.87. The van der Waals surface area contributed by atoms with E-state index in [1.807, 2.05) is 12.1 Å². The van der Waals surface area contributed by atoms with Crippen LogP contribution in [0.3, 0.4) is 0 Å². The van der Waals surface area contributed by atoms with Gasteiger partial charge >= 0.3 is 12.1 Å². The summed E-state index contributed by atoms with van der Waals surface area (Å²) in [5.74, 6) is 1.06. The van der Waals surface area contributed by atoms with Crippen molar-refractivity contribution in [3.8, 4) is 5.75 Å². The normalized spacial score (nSPS) is 14.5. The number of ether oxygens (including phenoxy) is 2. The van der Waals surface area contributed by atoms with Crippen molar-refractivity contribution in [3.63, 3.8) is 0 Å². The maximum absolute atomic E-state index is 12.4. The van der Waals surface area contributed by atoms with E-state index in [1.165, 1.54) is 7.11 Å². The number of rotatable bonds is 11. The third-order valence-electron chi connectivity index (χ3n) is 5.86. The Morgan fingerprint density at radius 3 is 2.33 bits per heavy atom. The highest BCUT2D eigenvalue weighted by molar-refractivity contribution is 5.71. The molecular weight excluding hydrogens is 380 g/mol. The summed E-state index contributed by atoms with van der Waals surface area (Å²) in [7, 11) is 5.55. The molecule has 1 aromatic carbocycles. The first-order valence-electron chi connectivity index (χ1n) is 10.9. The quantitative estimate of drug-likeness (QED) is 0.520. The summed E-state index contributed by atoms with van der Waals surface area (Å²) in [6.45, 7) is 11.1. The van der Waals surface area contributed by atoms with Gasteiger partial charge < -0.3 is 14.8 Å². The largest absolute Gasteiger partial charge is 0.469 e. The molecular formula is C24H40N2O4. The Morgan fingerprint density at radius 1 is 1.17 bits per heavy atom. The predicted octanol–water partition coefficient (Wildman–Crippen LogP) is 4.82. The van der Waals surface area contributed by atoms with Crippen LogP contribution in [-0.4, -0.2) is 44.7 Å². The minimum atomic E-state index is -0.512. The van der Waals surface area contributed by atoms with Gasteiger partial charge in [0.2, 0.25) is 0 Å². The molecule has 0 bridgehead atoms. The fourth-order valence-corrected chi connectivity index (χ4v) is 4.46. The molecule has 0 aliphatic rings. The van der Waals surface area contributed by atoms with Crippen molar-refractivity contribution in [3.05, 3.63) is 29.8 Å². The van der Waals surface area contributed by atoms with Gasteiger partial charge in [-0.2, -0.15) is 0 Å². The first-order valence-corrected chi connectivity index (χ1v) is 10.9. The zero-order valence-electron chi connectivity index (χ0n) is 20.0. The van der Waals surface area contributed by atoms with Gasteiger partial charge in [-0.25, -0.2) is 4.79 Å². The molecule has 0 saturated heterocycles. The van der Waals surface area contributed by atoms with Gasteiger partial charge in [0.25, 0.3) is 0 Å². The first kappa shape index (κ1) is 26.0. The fourth-order valence-electron chi connectivity index (χ4n) is 4.46. The van der Waals surface area contributed by atoms with Crippen LogP contribution >= 0.6 is 0 Å². The Kier molecular flexibility index (Phi) is 10.3. The van der Waals surface area contributed by atoms with Gasteiger partial charge in [0, 0.05) is 12.1 Å². The van der Waals surface area contributed by atoms with Crippen LogP contribution < -0.4 is 10.1 Å². The zero-order valence-corrected chi connectivity index (χ0v) is 20.0. The van der Waals surface area contributed by atoms with Crippen LogP contribution in [0.5, 0.6) is 5.75 Å². The maximum atomic E-state index is 12.4. The summed E-state index contributed by atoms with van der Waals surface area (Å²) in [5, 5.41) is 2.80. The molecule has 0 unspecified atom stereocenters. The molecule has 0 aromatic heterocycles. The lowest BCUT2D eigenvalue weighted by atomic mass is 9.76. The first-order chi connectivity index (χ1) is 14.1. The second-order valence-corrected chi connectivity index (χ2v) is 8.90. The lowest BCUT2D eigenvalue weighted by molar-refractivity contribution is -0.141. The number of esters is 1. The highest BCUT2D eigenvalue weighted by Gasteiger charge is 2.36. The Labute approximate surface area is 182 Å². The van der Waals surface area contributed by atoms with Crippen molar-refractivity contribution >= 4 is 12.1 Å². The average Bonchev–Trinajstić information content (AvgIpc) is 2.66. The number of nitrogens with one attached hydrogen (secondary N) is 1. The predicted molar refractivity (Wildman–Crippen MR) is 121 cm³/mol. The van der Waals surface area contributed by atoms with E-state index in [0.29, 0.717) is 24.1 Å². The molecule has 0 radical (unpaired) electrons. The number of hydrogen-bond donors (Lipinski definition) is 1. The summed E-state index contributed by atoms with van der Waals surface area (Å²) in [5.41, 5.74) is 0.984. The van der Waals surface area contributed by atoms with E-state index in [-0.39, 0.29) is 23.8 Å². The molecule has 30 heavy (non-hydrogen) atoms. The van der Waals surface area contributed by atoms with Crippen LogP contribution in [0.15, 0.2) is 24.3 Å². The minimum absolute atomic E-state index is 0.0127. The highest BCUT2D eigenvalue weighted by atomic mass is 16.6. The van der Waals surface area contributed by atoms with Crippen LogP contribution in [0.2, 0.25) is 0 Å². The van der Waals surface area contributed by atoms with Crippen LogP contribution in [-0.2, 0) is 15.1 Å². The topological polar surface area (TPSA) is 67.9 Å². The molecule has 170 valence electrons. The third kappa shape index (κ3) is 7.01. The monoisotopic (exact) mass is 420 g/mol. The van der Waals surface area contributed by atoms with Gasteiger partial charge in [-0.05, 0) is 62.4 Å². The van der Waals surface area contributed by atoms with Gasteiger partial charge in [-0.3, -0.25) is 9.69 Å². The summed E-state index contributed by atoms with van der Waals surface area (Å²) in [6.07, 6.45) is 1.53. The molecule has 0 fully saturated rings. The van der Waals surface area contributed by atoms with E-state index in [1.54, 1.807) is 6.07 Å². The SMILES string of the molecule is CC[C@@](c1cccc(OC(=O)NC[C@@H](CC(=O)OC)CC(C)C)c1)(C(C)C)N(C)C. The van der Waals surface area contributed by atoms with Crippen molar-refractivity contribution < 1.29 is 19.1 Å². The van der Waals surface area contributed by atoms with Gasteiger partial charge in [-0.15, -0.1) is 0 Å². The standard InChI is InChI=1S/C24H40N2O4/c1-9-24(18(4)5,26(6)7)20-11-10-12-21(15-20)30-23(28)25-16-19(13-17(2)3)14-22(27)29-8/h10-12,15,17-19H,9,13-14,16H2,1-8H3,(H,25,28)/t19-,24+/m1/s1. The molecule has 0 aliphatic heterocycles. The Hall–Kier alpha value is -2.08. The summed E-state index contributed by atoms with van der Waals surface area (Å²) < 4.78 is 10.3. The molecule has 6 heteroatoms. The minimum Gasteiger partial charge on any atom is -0.469 e. The molecule has 0 spiro atoms. The number of amides is 1. The number of hydrogen-bond acceptors (Lipinski definition) is 5. The number of nitrogens with zero attached hydrogens (tertiary/aromatic N) is 1. The van der Waals surface area contributed by atoms with Gasteiger partial charge in [-0.1, -0.05) is 46.8 Å². The Bertz CT molecular complexity index is 678. The molecule has 0 heterocycles. The average molecular weight is 421 g/mol. The molecule has 1 rings (SSSR count). The second kappa shape index (κ2) is 11.9. The van der Waals surface area contributed by atoms with Crippen molar-refractivity contribution in [1.29, 1.82) is 0 Å². The summed E-state index contributed by atoms with van der Waals surface area (Å²) in [6, 6.07) is 7.75. The van der Waals surface area contributed by atoms with E-state index in [2.05, 4.69) is 65.0 Å². The molecule has 1 amide bonds. The summed E-state index contributed by atoms with van der Waals surface area (Å²) in [4.78, 5) is 26.3. The molecule has 1 aromatic rings. The van der Waals surface area contributed by atoms with E-state index in [4.69, 9.17) is 9.47 Å². The van der Waals surface area contributed by atoms with Crippen LogP contribution in [0.4, 0.5) is 4.79 Å². The number of carbonyl (C=O) groups is 2. The van der Waals surface area contributed by atoms with Gasteiger partial charge in [0.15, 0.2) is 0 Å². The van der Waals surface area contributed by atoms with Crippen molar-refractivity contribution in [2.45, 2.75) is 59.4 Å². The fraction of sp³-hybridized carbons (Fsp3) is 0.667. The lowest BCUT2D eigenvalue weighted by Crippen LogP contribution is -2.45. The Morgan fingerprint density at radius 2 is 1.83 bits per heavy atom. The molecule has 6 nitrogen and oxygen atoms in total. The maximum Gasteiger partial charge on any atom is 0.412 e. The number of methoxy groups -OCH3 is 1. The lowest BCUT2D eigenvalue weighted by Gasteiger charge is -2.43. The van der Waals surface area contributed by atoms with Crippen LogP contribution in [0.1, 0.15) is 59.4 Å². The highest BCUT2D eigenvalue weighted by Crippen LogP contribution is 2.38. The molecule has 1 N–H and O–H groups in total. The van der Waals surface area contributed by atoms with Crippen LogP contribution in [0, 0.1) is 17.8 Å². The van der Waals surface area contributed by atoms with E-state index in [9.17, 15) is 9.59 Å². The van der Waals surface area contributed by atoms with Crippen molar-refractivity contribution in [1.82, 2.24) is 10.2 Å². The van der Waals surface area contributed by atoms with E-state index < -0.39 is 6.09 Å². The number of benzene rings is 1. The smallest absolute Gasteiger partial charge is 0.412 e. The summed E-state index contributed by atoms with van der Waals surface area (Å²) >= 11 is 0.